The molecule has 0 aliphatic rings. The van der Waals surface area contributed by atoms with Crippen molar-refractivity contribution in [2.24, 2.45) is 0 Å². The maximum atomic E-state index is 9.28. The lowest BCUT2D eigenvalue weighted by atomic mass is 10.0. The minimum absolute atomic E-state index is 0.206. The molecular weight excluding hydrogens is 276 g/mol. The predicted molar refractivity (Wildman–Crippen MR) is 90.8 cm³/mol. The number of methoxy groups -OCH3 is 1. The smallest absolute Gasteiger partial charge is 0.160 e. The molecule has 0 aromatic heterocycles. The molecule has 2 aromatic carbocycles. The number of aryl methyl sites for hydroxylation is 1. The largest absolute Gasteiger partial charge is 0.508 e. The van der Waals surface area contributed by atoms with Crippen LogP contribution in [0.15, 0.2) is 42.5 Å². The van der Waals surface area contributed by atoms with Crippen molar-refractivity contribution in [2.45, 2.75) is 39.5 Å². The number of hydrogen-bond donors (Lipinski definition) is 2. The summed E-state index contributed by atoms with van der Waals surface area (Å²) in [6.45, 7) is 6.34. The van der Waals surface area contributed by atoms with Gasteiger partial charge >= 0.3 is 0 Å². The first-order valence-electron chi connectivity index (χ1n) is 7.62. The summed E-state index contributed by atoms with van der Waals surface area (Å²) in [7, 11) is 1.56. The number of ether oxygens (including phenoxy) is 1. The lowest BCUT2D eigenvalue weighted by Gasteiger charge is -2.05. The summed E-state index contributed by atoms with van der Waals surface area (Å²) >= 11 is 0. The molecule has 2 rings (SSSR count). The first-order valence-corrected chi connectivity index (χ1v) is 7.62. The maximum absolute atomic E-state index is 9.28. The highest BCUT2D eigenvalue weighted by Crippen LogP contribution is 2.26. The normalized spacial score (nSPS) is 10.0. The Morgan fingerprint density at radius 3 is 2.27 bits per heavy atom. The molecule has 3 nitrogen and oxygen atoms in total. The van der Waals surface area contributed by atoms with Gasteiger partial charge < -0.3 is 14.9 Å². The fraction of sp³-hybridized carbons (Fsp3) is 0.368. The molecule has 0 aliphatic heterocycles. The Labute approximate surface area is 133 Å². The van der Waals surface area contributed by atoms with Crippen LogP contribution >= 0.6 is 0 Å². The molecule has 120 valence electrons. The molecule has 0 bridgehead atoms. The van der Waals surface area contributed by atoms with Crippen LogP contribution in [0.1, 0.15) is 44.2 Å². The molecule has 0 amide bonds. The van der Waals surface area contributed by atoms with Crippen molar-refractivity contribution in [1.82, 2.24) is 0 Å². The molecule has 0 radical (unpaired) electrons. The zero-order chi connectivity index (χ0) is 16.5. The molecule has 2 aromatic rings. The van der Waals surface area contributed by atoms with Crippen LogP contribution in [-0.2, 0) is 6.42 Å². The van der Waals surface area contributed by atoms with Gasteiger partial charge in [0.05, 0.1) is 7.11 Å². The van der Waals surface area contributed by atoms with Crippen molar-refractivity contribution in [3.05, 3.63) is 53.6 Å². The van der Waals surface area contributed by atoms with Gasteiger partial charge in [0, 0.05) is 0 Å². The molecule has 0 aliphatic carbocycles. The zero-order valence-corrected chi connectivity index (χ0v) is 13.8. The Hall–Kier alpha value is -2.16. The first-order chi connectivity index (χ1) is 10.5. The van der Waals surface area contributed by atoms with Crippen molar-refractivity contribution < 1.29 is 14.9 Å². The van der Waals surface area contributed by atoms with Crippen LogP contribution in [0.2, 0.25) is 0 Å². The first kappa shape index (κ1) is 17.9. The van der Waals surface area contributed by atoms with Crippen LogP contribution in [0, 0.1) is 0 Å². The van der Waals surface area contributed by atoms with E-state index in [-0.39, 0.29) is 5.75 Å². The Kier molecular flexibility index (Phi) is 7.30. The number of hydrogen-bond acceptors (Lipinski definition) is 3. The Morgan fingerprint density at radius 1 is 1.05 bits per heavy atom. The van der Waals surface area contributed by atoms with Crippen molar-refractivity contribution in [3.8, 4) is 17.2 Å². The van der Waals surface area contributed by atoms with Gasteiger partial charge in [-0.1, -0.05) is 45.4 Å². The standard InChI is InChI=1S/C10H14O2.C9H12O/c1-3-4-8-5-6-9(11)10(7-8)12-2;1-7(2)8-4-3-5-9(10)6-8/h5-7,11H,3-4H2,1-2H3;3-7,10H,1-2H3. The molecule has 0 unspecified atom stereocenters. The third-order valence-electron chi connectivity index (χ3n) is 3.32. The molecule has 0 heterocycles. The van der Waals surface area contributed by atoms with E-state index in [1.165, 1.54) is 11.1 Å². The minimum Gasteiger partial charge on any atom is -0.508 e. The van der Waals surface area contributed by atoms with Crippen molar-refractivity contribution in [2.75, 3.05) is 7.11 Å². The van der Waals surface area contributed by atoms with Crippen LogP contribution in [0.5, 0.6) is 17.2 Å². The van der Waals surface area contributed by atoms with Crippen molar-refractivity contribution >= 4 is 0 Å². The summed E-state index contributed by atoms with van der Waals surface area (Å²) in [5.74, 6) is 1.61. The third-order valence-corrected chi connectivity index (χ3v) is 3.32. The quantitative estimate of drug-likeness (QED) is 0.847. The van der Waals surface area contributed by atoms with Gasteiger partial charge in [0.15, 0.2) is 11.5 Å². The second kappa shape index (κ2) is 8.98. The van der Waals surface area contributed by atoms with Crippen LogP contribution in [0.3, 0.4) is 0 Å². The number of benzene rings is 2. The molecular formula is C19H26O3. The molecule has 0 fully saturated rings. The number of phenolic OH excluding ortho intramolecular Hbond substituents is 2. The highest BCUT2D eigenvalue weighted by Gasteiger charge is 2.01. The second-order valence-electron chi connectivity index (χ2n) is 5.51. The van der Waals surface area contributed by atoms with Gasteiger partial charge in [0.1, 0.15) is 5.75 Å². The van der Waals surface area contributed by atoms with Crippen LogP contribution in [0.4, 0.5) is 0 Å². The molecule has 0 atom stereocenters. The minimum atomic E-state index is 0.206. The van der Waals surface area contributed by atoms with E-state index >= 15 is 0 Å². The Bertz CT molecular complexity index is 577. The fourth-order valence-electron chi connectivity index (χ4n) is 2.05. The molecule has 2 N–H and O–H groups in total. The SMILES string of the molecule is CC(C)c1cccc(O)c1.CCCc1ccc(O)c(OC)c1. The molecule has 22 heavy (non-hydrogen) atoms. The van der Waals surface area contributed by atoms with Gasteiger partial charge in [-0.3, -0.25) is 0 Å². The van der Waals surface area contributed by atoms with E-state index in [1.54, 1.807) is 25.3 Å². The average molecular weight is 302 g/mol. The van der Waals surface area contributed by atoms with Crippen molar-refractivity contribution in [1.29, 1.82) is 0 Å². The monoisotopic (exact) mass is 302 g/mol. The predicted octanol–water partition coefficient (Wildman–Crippen LogP) is 4.87. The second-order valence-corrected chi connectivity index (χ2v) is 5.51. The van der Waals surface area contributed by atoms with Crippen LogP contribution in [-0.4, -0.2) is 17.3 Å². The Morgan fingerprint density at radius 2 is 1.77 bits per heavy atom. The van der Waals surface area contributed by atoms with E-state index in [0.717, 1.165) is 12.8 Å². The molecule has 3 heteroatoms. The van der Waals surface area contributed by atoms with E-state index in [0.29, 0.717) is 17.4 Å². The van der Waals surface area contributed by atoms with Gasteiger partial charge in [-0.05, 0) is 47.7 Å². The highest BCUT2D eigenvalue weighted by atomic mass is 16.5. The average Bonchev–Trinajstić information content (AvgIpc) is 2.50. The Balaban J connectivity index is 0.000000224. The summed E-state index contributed by atoms with van der Waals surface area (Å²) in [4.78, 5) is 0. The van der Waals surface area contributed by atoms with Crippen LogP contribution < -0.4 is 4.74 Å². The number of rotatable bonds is 4. The molecule has 0 saturated carbocycles. The summed E-state index contributed by atoms with van der Waals surface area (Å²) in [5.41, 5.74) is 2.38. The molecule has 0 spiro atoms. The summed E-state index contributed by atoms with van der Waals surface area (Å²) in [6, 6.07) is 12.8. The highest BCUT2D eigenvalue weighted by molar-refractivity contribution is 5.41. The van der Waals surface area contributed by atoms with Gasteiger partial charge in [0.25, 0.3) is 0 Å². The lowest BCUT2D eigenvalue weighted by molar-refractivity contribution is 0.373. The number of phenols is 2. The van der Waals surface area contributed by atoms with E-state index < -0.39 is 0 Å². The maximum Gasteiger partial charge on any atom is 0.160 e. The van der Waals surface area contributed by atoms with Gasteiger partial charge in [-0.15, -0.1) is 0 Å². The third kappa shape index (κ3) is 5.68. The van der Waals surface area contributed by atoms with E-state index in [1.807, 2.05) is 24.3 Å². The van der Waals surface area contributed by atoms with E-state index in [9.17, 15) is 5.11 Å². The zero-order valence-electron chi connectivity index (χ0n) is 13.8. The van der Waals surface area contributed by atoms with E-state index in [4.69, 9.17) is 9.84 Å². The topological polar surface area (TPSA) is 49.7 Å². The van der Waals surface area contributed by atoms with Gasteiger partial charge in [-0.2, -0.15) is 0 Å². The van der Waals surface area contributed by atoms with E-state index in [2.05, 4.69) is 20.8 Å². The summed E-state index contributed by atoms with van der Waals surface area (Å²) in [5, 5.41) is 18.3. The van der Waals surface area contributed by atoms with Gasteiger partial charge in [-0.25, -0.2) is 0 Å². The van der Waals surface area contributed by atoms with Crippen LogP contribution in [0.25, 0.3) is 0 Å². The summed E-state index contributed by atoms with van der Waals surface area (Å²) in [6.07, 6.45) is 2.13. The summed E-state index contributed by atoms with van der Waals surface area (Å²) < 4.78 is 4.98. The molecule has 0 saturated heterocycles. The number of aromatic hydroxyl groups is 2. The fourth-order valence-corrected chi connectivity index (χ4v) is 2.05. The lowest BCUT2D eigenvalue weighted by Crippen LogP contribution is -1.87. The van der Waals surface area contributed by atoms with Gasteiger partial charge in [0.2, 0.25) is 0 Å². The van der Waals surface area contributed by atoms with Crippen molar-refractivity contribution in [3.63, 3.8) is 0 Å².